The lowest BCUT2D eigenvalue weighted by Crippen LogP contribution is -2.44. The van der Waals surface area contributed by atoms with Crippen LogP contribution in [0.1, 0.15) is 24.0 Å². The zero-order chi connectivity index (χ0) is 20.7. The average molecular weight is 396 g/mol. The van der Waals surface area contributed by atoms with E-state index in [2.05, 4.69) is 10.6 Å². The third-order valence-corrected chi connectivity index (χ3v) is 5.34. The summed E-state index contributed by atoms with van der Waals surface area (Å²) in [5.41, 5.74) is 1.33. The van der Waals surface area contributed by atoms with Crippen molar-refractivity contribution in [3.8, 4) is 11.5 Å². The first-order valence-electron chi connectivity index (χ1n) is 9.90. The van der Waals surface area contributed by atoms with Gasteiger partial charge in [-0.1, -0.05) is 24.3 Å². The Hall–Kier alpha value is -3.02. The molecule has 2 aromatic carbocycles. The van der Waals surface area contributed by atoms with Crippen molar-refractivity contribution in [1.29, 1.82) is 0 Å². The van der Waals surface area contributed by atoms with Crippen LogP contribution in [-0.2, 0) is 22.4 Å². The highest BCUT2D eigenvalue weighted by molar-refractivity contribution is 6.07. The Kier molecular flexibility index (Phi) is 6.75. The fourth-order valence-corrected chi connectivity index (χ4v) is 3.25. The SMILES string of the molecule is COc1ccc(CCNC(=O)C2(C(=O)NCCc3ccc(OC)cc3)CC2)cc1. The average Bonchev–Trinajstić information content (AvgIpc) is 3.57. The normalized spacial score (nSPS) is 14.0. The number of hydrogen-bond donors (Lipinski definition) is 2. The van der Waals surface area contributed by atoms with Crippen LogP contribution in [0.3, 0.4) is 0 Å². The molecule has 1 aliphatic carbocycles. The van der Waals surface area contributed by atoms with Gasteiger partial charge in [0, 0.05) is 13.1 Å². The van der Waals surface area contributed by atoms with Gasteiger partial charge in [-0.25, -0.2) is 0 Å². The van der Waals surface area contributed by atoms with Crippen molar-refractivity contribution in [3.63, 3.8) is 0 Å². The molecule has 2 amide bonds. The molecule has 1 aliphatic rings. The first-order chi connectivity index (χ1) is 14.1. The molecule has 1 saturated carbocycles. The van der Waals surface area contributed by atoms with Crippen LogP contribution in [0, 0.1) is 5.41 Å². The van der Waals surface area contributed by atoms with Crippen molar-refractivity contribution < 1.29 is 19.1 Å². The number of amides is 2. The molecule has 0 saturated heterocycles. The molecule has 0 bridgehead atoms. The van der Waals surface area contributed by atoms with Crippen LogP contribution >= 0.6 is 0 Å². The van der Waals surface area contributed by atoms with Gasteiger partial charge < -0.3 is 20.1 Å². The van der Waals surface area contributed by atoms with E-state index in [0.717, 1.165) is 22.6 Å². The van der Waals surface area contributed by atoms with Gasteiger partial charge in [0.2, 0.25) is 11.8 Å². The van der Waals surface area contributed by atoms with Crippen LogP contribution in [0.2, 0.25) is 0 Å². The molecule has 1 fully saturated rings. The predicted molar refractivity (Wildman–Crippen MR) is 111 cm³/mol. The molecule has 29 heavy (non-hydrogen) atoms. The van der Waals surface area contributed by atoms with Crippen molar-refractivity contribution in [2.24, 2.45) is 5.41 Å². The number of carbonyl (C=O) groups excluding carboxylic acids is 2. The van der Waals surface area contributed by atoms with Crippen LogP contribution in [0.25, 0.3) is 0 Å². The van der Waals surface area contributed by atoms with E-state index in [-0.39, 0.29) is 11.8 Å². The van der Waals surface area contributed by atoms with E-state index in [4.69, 9.17) is 9.47 Å². The van der Waals surface area contributed by atoms with Gasteiger partial charge in [-0.15, -0.1) is 0 Å². The molecule has 2 N–H and O–H groups in total. The largest absolute Gasteiger partial charge is 0.497 e. The molecule has 6 nitrogen and oxygen atoms in total. The summed E-state index contributed by atoms with van der Waals surface area (Å²) in [5.74, 6) is 1.27. The fraction of sp³-hybridized carbons (Fsp3) is 0.391. The lowest BCUT2D eigenvalue weighted by Gasteiger charge is -2.15. The van der Waals surface area contributed by atoms with Gasteiger partial charge in [0.05, 0.1) is 14.2 Å². The summed E-state index contributed by atoms with van der Waals surface area (Å²) < 4.78 is 10.3. The molecule has 154 valence electrons. The monoisotopic (exact) mass is 396 g/mol. The van der Waals surface area contributed by atoms with Crippen LogP contribution in [0.15, 0.2) is 48.5 Å². The van der Waals surface area contributed by atoms with E-state index in [1.54, 1.807) is 14.2 Å². The third kappa shape index (κ3) is 5.28. The predicted octanol–water partition coefficient (Wildman–Crippen LogP) is 2.50. The summed E-state index contributed by atoms with van der Waals surface area (Å²) in [6, 6.07) is 15.5. The van der Waals surface area contributed by atoms with E-state index >= 15 is 0 Å². The van der Waals surface area contributed by atoms with Gasteiger partial charge in [-0.05, 0) is 61.1 Å². The number of rotatable bonds is 10. The maximum atomic E-state index is 12.6. The number of ether oxygens (including phenoxy) is 2. The van der Waals surface area contributed by atoms with Crippen LogP contribution < -0.4 is 20.1 Å². The molecule has 6 heteroatoms. The second-order valence-corrected chi connectivity index (χ2v) is 7.29. The highest BCUT2D eigenvalue weighted by Gasteiger charge is 2.56. The third-order valence-electron chi connectivity index (χ3n) is 5.34. The van der Waals surface area contributed by atoms with E-state index < -0.39 is 5.41 Å². The number of methoxy groups -OCH3 is 2. The zero-order valence-electron chi connectivity index (χ0n) is 17.0. The number of nitrogens with one attached hydrogen (secondary N) is 2. The quantitative estimate of drug-likeness (QED) is 0.605. The Bertz CT molecular complexity index is 759. The minimum Gasteiger partial charge on any atom is -0.497 e. The topological polar surface area (TPSA) is 76.7 Å². The highest BCUT2D eigenvalue weighted by atomic mass is 16.5. The Labute approximate surface area is 171 Å². The second-order valence-electron chi connectivity index (χ2n) is 7.29. The van der Waals surface area contributed by atoms with Gasteiger partial charge >= 0.3 is 0 Å². The molecule has 3 rings (SSSR count). The van der Waals surface area contributed by atoms with Crippen LogP contribution in [-0.4, -0.2) is 39.1 Å². The lowest BCUT2D eigenvalue weighted by atomic mass is 10.0. The molecule has 0 atom stereocenters. The Morgan fingerprint density at radius 1 is 0.759 bits per heavy atom. The number of carbonyl (C=O) groups is 2. The minimum atomic E-state index is -0.889. The lowest BCUT2D eigenvalue weighted by molar-refractivity contribution is -0.137. The first-order valence-corrected chi connectivity index (χ1v) is 9.90. The van der Waals surface area contributed by atoms with Crippen molar-refractivity contribution >= 4 is 11.8 Å². The first kappa shape index (κ1) is 20.7. The maximum Gasteiger partial charge on any atom is 0.235 e. The smallest absolute Gasteiger partial charge is 0.235 e. The van der Waals surface area contributed by atoms with E-state index in [0.29, 0.717) is 38.8 Å². The Balaban J connectivity index is 1.41. The molecule has 0 radical (unpaired) electrons. The van der Waals surface area contributed by atoms with Crippen molar-refractivity contribution in [3.05, 3.63) is 59.7 Å². The van der Waals surface area contributed by atoms with Crippen molar-refractivity contribution in [2.45, 2.75) is 25.7 Å². The molecule has 0 aliphatic heterocycles. The highest BCUT2D eigenvalue weighted by Crippen LogP contribution is 2.46. The number of benzene rings is 2. The molecule has 0 aromatic heterocycles. The van der Waals surface area contributed by atoms with E-state index in [1.807, 2.05) is 48.5 Å². The van der Waals surface area contributed by atoms with E-state index in [1.165, 1.54) is 0 Å². The molecule has 0 unspecified atom stereocenters. The van der Waals surface area contributed by atoms with Crippen molar-refractivity contribution in [1.82, 2.24) is 10.6 Å². The molecular formula is C23H28N2O4. The van der Waals surface area contributed by atoms with Gasteiger partial charge in [-0.3, -0.25) is 9.59 Å². The summed E-state index contributed by atoms with van der Waals surface area (Å²) in [4.78, 5) is 25.1. The van der Waals surface area contributed by atoms with Gasteiger partial charge in [0.15, 0.2) is 0 Å². The summed E-state index contributed by atoms with van der Waals surface area (Å²) in [7, 11) is 3.26. The summed E-state index contributed by atoms with van der Waals surface area (Å²) in [5, 5.41) is 5.84. The standard InChI is InChI=1S/C23H28N2O4/c1-28-19-7-3-17(4-8-19)11-15-24-21(26)23(13-14-23)22(27)25-16-12-18-5-9-20(29-2)10-6-18/h3-10H,11-16H2,1-2H3,(H,24,26)(H,25,27). The van der Waals surface area contributed by atoms with Gasteiger partial charge in [-0.2, -0.15) is 0 Å². The van der Waals surface area contributed by atoms with Gasteiger partial charge in [0.25, 0.3) is 0 Å². The van der Waals surface area contributed by atoms with E-state index in [9.17, 15) is 9.59 Å². The molecule has 2 aromatic rings. The Morgan fingerprint density at radius 3 is 1.45 bits per heavy atom. The van der Waals surface area contributed by atoms with Crippen LogP contribution in [0.4, 0.5) is 0 Å². The molecular weight excluding hydrogens is 368 g/mol. The second kappa shape index (κ2) is 9.45. The maximum absolute atomic E-state index is 12.6. The molecule has 0 spiro atoms. The minimum absolute atomic E-state index is 0.173. The summed E-state index contributed by atoms with van der Waals surface area (Å²) >= 11 is 0. The Morgan fingerprint density at radius 2 is 1.14 bits per heavy atom. The summed E-state index contributed by atoms with van der Waals surface area (Å²) in [6.07, 6.45) is 2.64. The zero-order valence-corrected chi connectivity index (χ0v) is 17.0. The number of hydrogen-bond acceptors (Lipinski definition) is 4. The fourth-order valence-electron chi connectivity index (χ4n) is 3.25. The van der Waals surface area contributed by atoms with Crippen molar-refractivity contribution in [2.75, 3.05) is 27.3 Å². The van der Waals surface area contributed by atoms with Crippen LogP contribution in [0.5, 0.6) is 11.5 Å². The summed E-state index contributed by atoms with van der Waals surface area (Å²) in [6.45, 7) is 1.01. The molecule has 0 heterocycles. The van der Waals surface area contributed by atoms with Gasteiger partial charge in [0.1, 0.15) is 16.9 Å².